The van der Waals surface area contributed by atoms with Gasteiger partial charge in [-0.05, 0) is 92.0 Å². The number of rotatable bonds is 18. The van der Waals surface area contributed by atoms with Gasteiger partial charge in [0, 0.05) is 36.6 Å². The third kappa shape index (κ3) is 11.1. The Morgan fingerprint density at radius 2 is 1.79 bits per heavy atom. The Morgan fingerprint density at radius 3 is 2.47 bits per heavy atom. The van der Waals surface area contributed by atoms with Crippen molar-refractivity contribution in [1.82, 2.24) is 40.4 Å². The molecule has 330 valence electrons. The highest BCUT2D eigenvalue weighted by molar-refractivity contribution is 6.30. The summed E-state index contributed by atoms with van der Waals surface area (Å²) in [6, 6.07) is 17.3. The fourth-order valence-corrected chi connectivity index (χ4v) is 8.68. The predicted octanol–water partition coefficient (Wildman–Crippen LogP) is 6.97. The summed E-state index contributed by atoms with van der Waals surface area (Å²) in [6.07, 6.45) is 6.74. The van der Waals surface area contributed by atoms with Gasteiger partial charge >= 0.3 is 5.97 Å². The van der Waals surface area contributed by atoms with Gasteiger partial charge in [-0.3, -0.25) is 19.7 Å². The molecule has 0 radical (unpaired) electrons. The molecule has 1 aliphatic heterocycles. The van der Waals surface area contributed by atoms with Crippen molar-refractivity contribution < 1.29 is 37.7 Å². The van der Waals surface area contributed by atoms with Crippen molar-refractivity contribution in [1.29, 1.82) is 0 Å². The maximum absolute atomic E-state index is 15.2. The molecule has 3 aromatic carbocycles. The SMILES string of the molecule is CCCCc1nc(Cl)c(CO)n1Cc1ccc(-c2ccccc2-c2nn[nH]n2)c(F)c1.CCOC(=O)[C@H](CCc1ccc(F)cc1)N[C@@H](C)C(=O)N1[C@H](OC=O)C[C@@H]2CCC[C@@H]21. The smallest absolute Gasteiger partial charge is 0.323 e. The van der Waals surface area contributed by atoms with Crippen LogP contribution < -0.4 is 5.32 Å². The van der Waals surface area contributed by atoms with Crippen molar-refractivity contribution in [2.24, 2.45) is 5.92 Å². The van der Waals surface area contributed by atoms with Crippen molar-refractivity contribution >= 4 is 29.9 Å². The third-order valence-electron chi connectivity index (χ3n) is 11.5. The van der Waals surface area contributed by atoms with Crippen LogP contribution in [0.4, 0.5) is 8.78 Å². The van der Waals surface area contributed by atoms with Crippen LogP contribution in [0.5, 0.6) is 0 Å². The summed E-state index contributed by atoms with van der Waals surface area (Å²) in [7, 11) is 0. The number of carbonyl (C=O) groups is 3. The fourth-order valence-electron chi connectivity index (χ4n) is 8.42. The molecule has 17 heteroatoms. The van der Waals surface area contributed by atoms with Crippen molar-refractivity contribution in [2.45, 2.75) is 116 Å². The minimum Gasteiger partial charge on any atom is -0.465 e. The van der Waals surface area contributed by atoms with Gasteiger partial charge in [0.05, 0.1) is 24.9 Å². The molecule has 0 bridgehead atoms. The highest BCUT2D eigenvalue weighted by Gasteiger charge is 2.48. The minimum absolute atomic E-state index is 0.0713. The highest BCUT2D eigenvalue weighted by Crippen LogP contribution is 2.42. The lowest BCUT2D eigenvalue weighted by Gasteiger charge is -2.32. The largest absolute Gasteiger partial charge is 0.465 e. The molecule has 62 heavy (non-hydrogen) atoms. The van der Waals surface area contributed by atoms with E-state index in [9.17, 15) is 23.9 Å². The zero-order valence-electron chi connectivity index (χ0n) is 35.1. The minimum atomic E-state index is -0.684. The van der Waals surface area contributed by atoms with Crippen LogP contribution in [0, 0.1) is 17.6 Å². The average molecular weight is 875 g/mol. The van der Waals surface area contributed by atoms with E-state index in [0.717, 1.165) is 55.5 Å². The molecule has 3 N–H and O–H groups in total. The quantitative estimate of drug-likeness (QED) is 0.0612. The number of amides is 1. The Labute approximate surface area is 364 Å². The number of H-pyrrole nitrogens is 1. The number of halogens is 3. The number of esters is 1. The van der Waals surface area contributed by atoms with Crippen LogP contribution in [0.25, 0.3) is 22.5 Å². The van der Waals surface area contributed by atoms with E-state index < -0.39 is 24.3 Å². The number of carbonyl (C=O) groups excluding carboxylic acids is 3. The van der Waals surface area contributed by atoms with Crippen LogP contribution in [0.15, 0.2) is 66.7 Å². The molecule has 0 spiro atoms. The zero-order valence-corrected chi connectivity index (χ0v) is 35.9. The van der Waals surface area contributed by atoms with Crippen LogP contribution in [-0.2, 0) is 49.9 Å². The number of nitrogens with one attached hydrogen (secondary N) is 2. The van der Waals surface area contributed by atoms with Crippen molar-refractivity contribution in [3.05, 3.63) is 106 Å². The molecule has 1 saturated carbocycles. The number of unbranched alkanes of at least 4 members (excludes halogenated alkanes) is 1. The Balaban J connectivity index is 0.000000207. The molecule has 5 atom stereocenters. The van der Waals surface area contributed by atoms with Crippen LogP contribution in [0.1, 0.15) is 88.4 Å². The van der Waals surface area contributed by atoms with Gasteiger partial charge in [-0.25, -0.2) is 13.8 Å². The number of aromatic nitrogens is 6. The summed E-state index contributed by atoms with van der Waals surface area (Å²) in [6.45, 7) is 6.33. The lowest BCUT2D eigenvalue weighted by atomic mass is 9.97. The molecule has 14 nitrogen and oxygen atoms in total. The molecule has 2 aromatic heterocycles. The molecule has 2 aliphatic rings. The van der Waals surface area contributed by atoms with Crippen molar-refractivity contribution in [2.75, 3.05) is 6.61 Å². The average Bonchev–Trinajstić information content (AvgIpc) is 4.08. The first-order chi connectivity index (χ1) is 30.1. The Kier molecular flexibility index (Phi) is 16.3. The number of nitrogens with zero attached hydrogens (tertiary/aromatic N) is 6. The molecule has 0 unspecified atom stereocenters. The van der Waals surface area contributed by atoms with Gasteiger partial charge < -0.3 is 24.0 Å². The Morgan fingerprint density at radius 1 is 1.03 bits per heavy atom. The Bertz CT molecular complexity index is 2260. The standard InChI is InChI=1S/C23H31FN2O5.C22H22ClFN6O/c1-3-30-23(29)19(12-9-16-7-10-18(24)11-8-16)25-15(2)22(28)26-20-6-4-5-17(20)13-21(26)31-14-27;1-2-3-8-20-25-21(23)19(13-31)30(20)12-14-9-10-16(18(24)11-14)15-6-4-5-7-17(15)22-26-28-29-27-22/h7-8,10-11,14-15,17,19-21,25H,3-6,9,12-13H2,1-2H3;4-7,9-11,31H,2-3,8,12-13H2,1H3,(H,26,27,28,29)/t15-,17-,19-,20-,21+;/m0./s1. The van der Waals surface area contributed by atoms with E-state index in [-0.39, 0.29) is 36.8 Å². The van der Waals surface area contributed by atoms with Gasteiger partial charge in [0.1, 0.15) is 23.5 Å². The van der Waals surface area contributed by atoms with Gasteiger partial charge in [0.2, 0.25) is 11.7 Å². The first kappa shape index (κ1) is 45.9. The number of aryl methyl sites for hydroxylation is 2. The molecule has 1 aliphatic carbocycles. The van der Waals surface area contributed by atoms with Gasteiger partial charge in [0.25, 0.3) is 6.47 Å². The number of fused-ring (bicyclic) bond motifs is 1. The third-order valence-corrected chi connectivity index (χ3v) is 11.8. The topological polar surface area (TPSA) is 177 Å². The van der Waals surface area contributed by atoms with E-state index >= 15 is 4.39 Å². The first-order valence-electron chi connectivity index (χ1n) is 21.1. The molecule has 7 rings (SSSR count). The van der Waals surface area contributed by atoms with Gasteiger partial charge in [-0.2, -0.15) is 5.21 Å². The molecular weight excluding hydrogens is 822 g/mol. The van der Waals surface area contributed by atoms with Crippen LogP contribution in [0.2, 0.25) is 5.15 Å². The number of tetrazole rings is 1. The first-order valence-corrected chi connectivity index (χ1v) is 21.5. The molecule has 3 heterocycles. The lowest BCUT2D eigenvalue weighted by Crippen LogP contribution is -2.54. The van der Waals surface area contributed by atoms with Gasteiger partial charge in [-0.15, -0.1) is 10.2 Å². The lowest BCUT2D eigenvalue weighted by molar-refractivity contribution is -0.154. The number of aliphatic hydroxyl groups excluding tert-OH is 1. The normalized spacial score (nSPS) is 17.8. The van der Waals surface area contributed by atoms with E-state index in [0.29, 0.717) is 71.6 Å². The summed E-state index contributed by atoms with van der Waals surface area (Å²) < 4.78 is 40.6. The summed E-state index contributed by atoms with van der Waals surface area (Å²) >= 11 is 6.21. The molecule has 1 amide bonds. The van der Waals surface area contributed by atoms with E-state index in [1.54, 1.807) is 36.9 Å². The number of ether oxygens (including phenoxy) is 2. The second kappa shape index (κ2) is 22.0. The monoisotopic (exact) mass is 874 g/mol. The number of benzene rings is 3. The maximum Gasteiger partial charge on any atom is 0.323 e. The number of aromatic amines is 1. The van der Waals surface area contributed by atoms with E-state index in [2.05, 4.69) is 37.8 Å². The van der Waals surface area contributed by atoms with Gasteiger partial charge in [0.15, 0.2) is 11.4 Å². The number of likely N-dealkylation sites (tertiary alicyclic amines) is 1. The van der Waals surface area contributed by atoms with E-state index in [1.165, 1.54) is 18.2 Å². The number of hydrogen-bond donors (Lipinski definition) is 3. The second-order valence-electron chi connectivity index (χ2n) is 15.5. The molecule has 2 fully saturated rings. The summed E-state index contributed by atoms with van der Waals surface area (Å²) in [5.74, 6) is 0.261. The van der Waals surface area contributed by atoms with E-state index in [4.69, 9.17) is 21.1 Å². The highest BCUT2D eigenvalue weighted by atomic mass is 35.5. The van der Waals surface area contributed by atoms with Crippen molar-refractivity contribution in [3.8, 4) is 22.5 Å². The molecule has 5 aromatic rings. The number of aliphatic hydroxyl groups is 1. The summed E-state index contributed by atoms with van der Waals surface area (Å²) in [5.41, 5.74) is 4.00. The second-order valence-corrected chi connectivity index (χ2v) is 15.9. The molecular formula is C45H53ClF2N8O6. The van der Waals surface area contributed by atoms with Crippen LogP contribution in [-0.4, -0.2) is 89.5 Å². The van der Waals surface area contributed by atoms with Crippen molar-refractivity contribution in [3.63, 3.8) is 0 Å². The van der Waals surface area contributed by atoms with Crippen LogP contribution in [0.3, 0.4) is 0 Å². The van der Waals surface area contributed by atoms with Crippen LogP contribution >= 0.6 is 11.6 Å². The van der Waals surface area contributed by atoms with E-state index in [1.807, 2.05) is 34.9 Å². The Hall–Kier alpha value is -5.58. The predicted molar refractivity (Wildman–Crippen MR) is 227 cm³/mol. The summed E-state index contributed by atoms with van der Waals surface area (Å²) in [5, 5.41) is 27.2. The summed E-state index contributed by atoms with van der Waals surface area (Å²) in [4.78, 5) is 42.8. The number of imidazole rings is 1. The zero-order chi connectivity index (χ0) is 44.2. The molecule has 1 saturated heterocycles. The van der Waals surface area contributed by atoms with Gasteiger partial charge in [-0.1, -0.05) is 79.9 Å². The fraction of sp³-hybridized carbons (Fsp3) is 0.444. The number of hydrogen-bond acceptors (Lipinski definition) is 11. The maximum atomic E-state index is 15.2.